The molecule has 7 nitrogen and oxygen atoms in total. The highest BCUT2D eigenvalue weighted by atomic mass is 35.5. The summed E-state index contributed by atoms with van der Waals surface area (Å²) in [6, 6.07) is 0. The van der Waals surface area contributed by atoms with E-state index in [-0.39, 0.29) is 5.56 Å². The number of fused-ring (bicyclic) bond motifs is 6. The van der Waals surface area contributed by atoms with Gasteiger partial charge < -0.3 is 15.0 Å². The predicted octanol–water partition coefficient (Wildman–Crippen LogP) is 4.40. The van der Waals surface area contributed by atoms with Gasteiger partial charge in [0.2, 0.25) is 0 Å². The van der Waals surface area contributed by atoms with E-state index in [0.29, 0.717) is 5.15 Å². The van der Waals surface area contributed by atoms with Crippen LogP contribution in [0.3, 0.4) is 0 Å². The van der Waals surface area contributed by atoms with Gasteiger partial charge in [-0.15, -0.1) is 0 Å². The van der Waals surface area contributed by atoms with Crippen molar-refractivity contribution >= 4 is 33.7 Å². The molecule has 0 aromatic carbocycles. The highest BCUT2D eigenvalue weighted by Gasteiger charge is 2.18. The monoisotopic (exact) mass is 424 g/mol. The largest absolute Gasteiger partial charge is 0.343 e. The molecule has 4 aromatic heterocycles. The Morgan fingerprint density at radius 1 is 0.733 bits per heavy atom. The summed E-state index contributed by atoms with van der Waals surface area (Å²) >= 11 is 6.12. The van der Waals surface area contributed by atoms with Crippen molar-refractivity contribution in [3.8, 4) is 0 Å². The molecule has 0 aliphatic heterocycles. The Morgan fingerprint density at radius 3 is 2.03 bits per heavy atom. The van der Waals surface area contributed by atoms with E-state index in [4.69, 9.17) is 11.6 Å². The Bertz CT molecular complexity index is 1250. The average molecular weight is 425 g/mol. The molecule has 2 aliphatic carbocycles. The molecular formula is C22H25ClN6O. The van der Waals surface area contributed by atoms with Crippen LogP contribution >= 0.6 is 11.6 Å². The molecule has 30 heavy (non-hydrogen) atoms. The number of nitrogens with zero attached hydrogens (tertiary/aromatic N) is 3. The van der Waals surface area contributed by atoms with Crippen LogP contribution in [0.1, 0.15) is 61.0 Å². The second kappa shape index (κ2) is 8.22. The normalized spacial score (nSPS) is 16.3. The van der Waals surface area contributed by atoms with E-state index < -0.39 is 0 Å². The number of halogens is 1. The molecule has 4 aromatic rings. The highest BCUT2D eigenvalue weighted by molar-refractivity contribution is 6.34. The lowest BCUT2D eigenvalue weighted by Gasteiger charge is -1.98. The first kappa shape index (κ1) is 19.3. The maximum absolute atomic E-state index is 11.7. The van der Waals surface area contributed by atoms with E-state index in [0.717, 1.165) is 47.8 Å². The summed E-state index contributed by atoms with van der Waals surface area (Å²) in [5.74, 6) is 0. The maximum Gasteiger partial charge on any atom is 0.260 e. The molecule has 0 bridgehead atoms. The Morgan fingerprint density at radius 2 is 1.33 bits per heavy atom. The van der Waals surface area contributed by atoms with Gasteiger partial charge in [0.1, 0.15) is 22.8 Å². The van der Waals surface area contributed by atoms with Gasteiger partial charge in [-0.2, -0.15) is 0 Å². The van der Waals surface area contributed by atoms with Crippen molar-refractivity contribution < 1.29 is 0 Å². The van der Waals surface area contributed by atoms with Crippen LogP contribution in [0, 0.1) is 0 Å². The topological polar surface area (TPSA) is 103 Å². The molecule has 0 saturated heterocycles. The fourth-order valence-corrected chi connectivity index (χ4v) is 5.03. The third-order valence-electron chi connectivity index (χ3n) is 6.23. The standard InChI is InChI=1S/C11H12ClN3.C11H13N3O/c12-10-9-7-4-2-1-3-5-8(7)15-11(9)14-6-13-10;15-11-9-7-4-2-1-3-5-8(7)14-10(9)12-6-13-11/h6H,1-5H2,(H,13,14,15);6H,1-5H2,(H2,12,13,14,15). The number of hydrogen-bond donors (Lipinski definition) is 3. The summed E-state index contributed by atoms with van der Waals surface area (Å²) in [5.41, 5.74) is 6.67. The minimum Gasteiger partial charge on any atom is -0.343 e. The number of aromatic nitrogens is 6. The lowest BCUT2D eigenvalue weighted by atomic mass is 10.1. The number of nitrogens with one attached hydrogen (secondary N) is 3. The van der Waals surface area contributed by atoms with Crippen molar-refractivity contribution in [1.82, 2.24) is 29.9 Å². The average Bonchev–Trinajstić information content (AvgIpc) is 3.07. The quantitative estimate of drug-likeness (QED) is 0.287. The van der Waals surface area contributed by atoms with Crippen molar-refractivity contribution in [2.24, 2.45) is 0 Å². The Labute approximate surface area is 178 Å². The van der Waals surface area contributed by atoms with Crippen molar-refractivity contribution in [2.75, 3.05) is 0 Å². The van der Waals surface area contributed by atoms with Crippen LogP contribution in [0.15, 0.2) is 17.4 Å². The van der Waals surface area contributed by atoms with Crippen molar-refractivity contribution in [3.05, 3.63) is 50.7 Å². The van der Waals surface area contributed by atoms with Crippen LogP contribution in [0.5, 0.6) is 0 Å². The summed E-state index contributed by atoms with van der Waals surface area (Å²) in [5, 5.41) is 2.39. The van der Waals surface area contributed by atoms with Crippen LogP contribution < -0.4 is 5.56 Å². The number of rotatable bonds is 0. The Kier molecular flexibility index (Phi) is 5.29. The zero-order chi connectivity index (χ0) is 20.5. The molecule has 0 spiro atoms. The van der Waals surface area contributed by atoms with Crippen molar-refractivity contribution in [3.63, 3.8) is 0 Å². The molecule has 3 N–H and O–H groups in total. The minimum absolute atomic E-state index is 0.0144. The molecule has 0 amide bonds. The van der Waals surface area contributed by atoms with E-state index in [2.05, 4.69) is 29.9 Å². The maximum atomic E-state index is 11.7. The fraction of sp³-hybridized carbons (Fsp3) is 0.455. The van der Waals surface area contributed by atoms with Gasteiger partial charge in [-0.25, -0.2) is 15.0 Å². The van der Waals surface area contributed by atoms with Gasteiger partial charge in [-0.1, -0.05) is 24.4 Å². The zero-order valence-corrected chi connectivity index (χ0v) is 17.6. The third kappa shape index (κ3) is 3.51. The van der Waals surface area contributed by atoms with Gasteiger partial charge in [0.05, 0.1) is 17.1 Å². The summed E-state index contributed by atoms with van der Waals surface area (Å²) < 4.78 is 0. The second-order valence-corrected chi connectivity index (χ2v) is 8.49. The van der Waals surface area contributed by atoms with Crippen LogP contribution in [0.2, 0.25) is 5.15 Å². The molecule has 0 unspecified atom stereocenters. The molecule has 0 saturated carbocycles. The SMILES string of the molecule is Clc1ncnc2[nH]c3c(c12)CCCCC3.O=c1[nH]cnc2[nH]c3c(c12)CCCCC3. The molecular weight excluding hydrogens is 400 g/mol. The zero-order valence-electron chi connectivity index (χ0n) is 16.9. The van der Waals surface area contributed by atoms with Crippen LogP contribution in [0.4, 0.5) is 0 Å². The number of hydrogen-bond acceptors (Lipinski definition) is 4. The van der Waals surface area contributed by atoms with Gasteiger partial charge in [0.15, 0.2) is 0 Å². The van der Waals surface area contributed by atoms with Crippen LogP contribution in [0.25, 0.3) is 22.1 Å². The van der Waals surface area contributed by atoms with Crippen LogP contribution in [-0.4, -0.2) is 29.9 Å². The van der Waals surface area contributed by atoms with Crippen LogP contribution in [-0.2, 0) is 25.7 Å². The fourth-order valence-electron chi connectivity index (χ4n) is 4.78. The van der Waals surface area contributed by atoms with Gasteiger partial charge in [-0.05, 0) is 62.5 Å². The lowest BCUT2D eigenvalue weighted by Crippen LogP contribution is -2.06. The summed E-state index contributed by atoms with van der Waals surface area (Å²) in [6.07, 6.45) is 14.7. The number of H-pyrrole nitrogens is 3. The van der Waals surface area contributed by atoms with E-state index in [1.807, 2.05) is 0 Å². The van der Waals surface area contributed by atoms with E-state index in [1.165, 1.54) is 73.7 Å². The molecule has 8 heteroatoms. The predicted molar refractivity (Wildman–Crippen MR) is 118 cm³/mol. The summed E-state index contributed by atoms with van der Waals surface area (Å²) in [7, 11) is 0. The van der Waals surface area contributed by atoms with E-state index in [9.17, 15) is 4.79 Å². The van der Waals surface area contributed by atoms with Gasteiger partial charge in [0.25, 0.3) is 5.56 Å². The van der Waals surface area contributed by atoms with Gasteiger partial charge in [-0.3, -0.25) is 4.79 Å². The lowest BCUT2D eigenvalue weighted by molar-refractivity contribution is 0.708. The third-order valence-corrected chi connectivity index (χ3v) is 6.52. The molecule has 2 aliphatic rings. The Balaban J connectivity index is 0.000000128. The first-order chi connectivity index (χ1) is 14.7. The number of aromatic amines is 3. The first-order valence-corrected chi connectivity index (χ1v) is 11.2. The molecule has 0 fully saturated rings. The summed E-state index contributed by atoms with van der Waals surface area (Å²) in [4.78, 5) is 33.4. The summed E-state index contributed by atoms with van der Waals surface area (Å²) in [6.45, 7) is 0. The number of aryl methyl sites for hydroxylation is 4. The van der Waals surface area contributed by atoms with Crippen molar-refractivity contribution in [2.45, 2.75) is 64.2 Å². The smallest absolute Gasteiger partial charge is 0.260 e. The van der Waals surface area contributed by atoms with Crippen molar-refractivity contribution in [1.29, 1.82) is 0 Å². The molecule has 0 radical (unpaired) electrons. The molecule has 6 rings (SSSR count). The van der Waals surface area contributed by atoms with E-state index in [1.54, 1.807) is 0 Å². The van der Waals surface area contributed by atoms with Gasteiger partial charge in [0, 0.05) is 11.4 Å². The molecule has 156 valence electrons. The molecule has 0 atom stereocenters. The minimum atomic E-state index is -0.0144. The molecule has 4 heterocycles. The van der Waals surface area contributed by atoms with Gasteiger partial charge >= 0.3 is 0 Å². The highest BCUT2D eigenvalue weighted by Crippen LogP contribution is 2.30. The van der Waals surface area contributed by atoms with E-state index >= 15 is 0 Å². The Hall–Kier alpha value is -2.67. The first-order valence-electron chi connectivity index (χ1n) is 10.8. The second-order valence-electron chi connectivity index (χ2n) is 8.13.